The van der Waals surface area contributed by atoms with E-state index in [1.54, 1.807) is 12.1 Å². The number of aromatic hydroxyl groups is 1. The predicted octanol–water partition coefficient (Wildman–Crippen LogP) is 4.39. The summed E-state index contributed by atoms with van der Waals surface area (Å²) in [5.74, 6) is -3.32. The molecule has 4 atom stereocenters. The van der Waals surface area contributed by atoms with Gasteiger partial charge in [-0.15, -0.1) is 0 Å². The Morgan fingerprint density at radius 3 is 2.54 bits per heavy atom. The molecule has 2 aliphatic rings. The number of phenols is 1. The Labute approximate surface area is 238 Å². The summed E-state index contributed by atoms with van der Waals surface area (Å²) in [5.41, 5.74) is 3.13. The molecule has 1 fully saturated rings. The standard InChI is InChI=1S/C31H36N2O8/c1-3-5-19(14-20-8-11-24(35)12-9-20)10-13-27(36)28-21(18-41-2)15-25-29(26(28)17-34)31(38)32(30(25)37)22-6-4-7-23(16-22)33(39)40/h4,6-9,11-12,14,16,25-27,29,34-36H,3,5,10,13,15,17-18H2,1-2H3/b19-14+/t25-,26+,27-,29-/m1/s1. The van der Waals surface area contributed by atoms with Crippen molar-refractivity contribution >= 4 is 29.3 Å². The number of nitro groups is 1. The molecule has 4 rings (SSSR count). The van der Waals surface area contributed by atoms with Crippen LogP contribution in [0.3, 0.4) is 0 Å². The smallest absolute Gasteiger partial charge is 0.271 e. The summed E-state index contributed by atoms with van der Waals surface area (Å²) < 4.78 is 5.40. The molecule has 1 heterocycles. The van der Waals surface area contributed by atoms with Gasteiger partial charge >= 0.3 is 0 Å². The summed E-state index contributed by atoms with van der Waals surface area (Å²) in [7, 11) is 1.51. The molecule has 0 bridgehead atoms. The number of hydrogen-bond acceptors (Lipinski definition) is 8. The van der Waals surface area contributed by atoms with Gasteiger partial charge in [0.1, 0.15) is 5.75 Å². The molecule has 10 heteroatoms. The highest BCUT2D eigenvalue weighted by molar-refractivity contribution is 6.22. The number of non-ortho nitro benzene ring substituents is 1. The number of phenolic OH excluding ortho intramolecular Hbond substituents is 1. The Balaban J connectivity index is 1.61. The van der Waals surface area contributed by atoms with E-state index < -0.39 is 47.2 Å². The Morgan fingerprint density at radius 1 is 1.17 bits per heavy atom. The van der Waals surface area contributed by atoms with Crippen LogP contribution < -0.4 is 4.90 Å². The van der Waals surface area contributed by atoms with E-state index in [0.29, 0.717) is 24.0 Å². The second-order valence-electron chi connectivity index (χ2n) is 10.6. The molecule has 0 saturated carbocycles. The van der Waals surface area contributed by atoms with Crippen molar-refractivity contribution in [2.75, 3.05) is 25.2 Å². The average molecular weight is 565 g/mol. The maximum Gasteiger partial charge on any atom is 0.271 e. The lowest BCUT2D eigenvalue weighted by molar-refractivity contribution is -0.384. The zero-order chi connectivity index (χ0) is 29.7. The van der Waals surface area contributed by atoms with E-state index in [2.05, 4.69) is 6.92 Å². The van der Waals surface area contributed by atoms with Crippen molar-refractivity contribution in [1.82, 2.24) is 0 Å². The summed E-state index contributed by atoms with van der Waals surface area (Å²) in [5, 5.41) is 42.9. The number of aliphatic hydroxyl groups excluding tert-OH is 2. The van der Waals surface area contributed by atoms with Crippen LogP contribution in [-0.2, 0) is 14.3 Å². The fourth-order valence-electron chi connectivity index (χ4n) is 6.14. The molecule has 1 aliphatic heterocycles. The summed E-state index contributed by atoms with van der Waals surface area (Å²) in [6, 6.07) is 12.2. The summed E-state index contributed by atoms with van der Waals surface area (Å²) in [6.07, 6.45) is 3.88. The van der Waals surface area contributed by atoms with Crippen LogP contribution in [0.5, 0.6) is 5.75 Å². The molecule has 0 spiro atoms. The van der Waals surface area contributed by atoms with E-state index in [1.165, 1.54) is 31.4 Å². The maximum atomic E-state index is 13.7. The van der Waals surface area contributed by atoms with Crippen LogP contribution in [0.4, 0.5) is 11.4 Å². The van der Waals surface area contributed by atoms with Crippen LogP contribution in [0.15, 0.2) is 65.3 Å². The Hall–Kier alpha value is -3.86. The number of carbonyl (C=O) groups is 2. The van der Waals surface area contributed by atoms with E-state index >= 15 is 0 Å². The first-order chi connectivity index (χ1) is 19.7. The third kappa shape index (κ3) is 6.40. The third-order valence-corrected chi connectivity index (χ3v) is 7.93. The number of nitro benzene ring substituents is 1. The number of rotatable bonds is 12. The monoisotopic (exact) mass is 564 g/mol. The minimum absolute atomic E-state index is 0.110. The van der Waals surface area contributed by atoms with E-state index in [0.717, 1.165) is 28.9 Å². The molecule has 41 heavy (non-hydrogen) atoms. The van der Waals surface area contributed by atoms with Gasteiger partial charge in [0.15, 0.2) is 0 Å². The van der Waals surface area contributed by atoms with Crippen molar-refractivity contribution in [2.24, 2.45) is 17.8 Å². The van der Waals surface area contributed by atoms with Gasteiger partial charge in [0.2, 0.25) is 11.8 Å². The van der Waals surface area contributed by atoms with Gasteiger partial charge in [0, 0.05) is 25.2 Å². The van der Waals surface area contributed by atoms with Crippen LogP contribution in [0.1, 0.15) is 44.6 Å². The van der Waals surface area contributed by atoms with Crippen LogP contribution in [0.2, 0.25) is 0 Å². The number of nitrogens with zero attached hydrogens (tertiary/aromatic N) is 2. The molecule has 0 aromatic heterocycles. The van der Waals surface area contributed by atoms with Crippen LogP contribution in [-0.4, -0.2) is 58.5 Å². The minimum atomic E-state index is -0.979. The number of hydrogen-bond donors (Lipinski definition) is 3. The van der Waals surface area contributed by atoms with Crippen molar-refractivity contribution < 1.29 is 34.6 Å². The highest BCUT2D eigenvalue weighted by atomic mass is 16.6. The fourth-order valence-corrected chi connectivity index (χ4v) is 6.14. The molecule has 2 aromatic carbocycles. The topological polar surface area (TPSA) is 150 Å². The largest absolute Gasteiger partial charge is 0.508 e. The summed E-state index contributed by atoms with van der Waals surface area (Å²) in [4.78, 5) is 38.9. The normalized spacial score (nSPS) is 21.8. The molecule has 3 N–H and O–H groups in total. The van der Waals surface area contributed by atoms with Crippen molar-refractivity contribution in [3.8, 4) is 5.75 Å². The predicted molar refractivity (Wildman–Crippen MR) is 153 cm³/mol. The molecule has 2 aromatic rings. The Morgan fingerprint density at radius 2 is 1.90 bits per heavy atom. The lowest BCUT2D eigenvalue weighted by atomic mass is 9.68. The maximum absolute atomic E-state index is 13.7. The average Bonchev–Trinajstić information content (AvgIpc) is 3.21. The molecule has 0 unspecified atom stereocenters. The first kappa shape index (κ1) is 30.1. The molecule has 1 saturated heterocycles. The number of anilines is 1. The molecule has 0 radical (unpaired) electrons. The van der Waals surface area contributed by atoms with Gasteiger partial charge < -0.3 is 20.1 Å². The number of allylic oxidation sites excluding steroid dienone is 1. The molecular formula is C31H36N2O8. The molecule has 10 nitrogen and oxygen atoms in total. The van der Waals surface area contributed by atoms with E-state index in [9.17, 15) is 35.0 Å². The third-order valence-electron chi connectivity index (χ3n) is 7.93. The van der Waals surface area contributed by atoms with Gasteiger partial charge in [0.05, 0.1) is 41.8 Å². The Bertz CT molecular complexity index is 1350. The van der Waals surface area contributed by atoms with Gasteiger partial charge in [-0.25, -0.2) is 4.90 Å². The lowest BCUT2D eigenvalue weighted by Gasteiger charge is -2.36. The second-order valence-corrected chi connectivity index (χ2v) is 10.6. The highest BCUT2D eigenvalue weighted by Gasteiger charge is 2.55. The number of aliphatic hydroxyl groups is 2. The quantitative estimate of drug-likeness (QED) is 0.149. The van der Waals surface area contributed by atoms with Gasteiger partial charge in [-0.3, -0.25) is 19.7 Å². The first-order valence-electron chi connectivity index (χ1n) is 13.8. The SMILES string of the molecule is CCC/C(=C\c1ccc(O)cc1)CC[C@@H](O)C1=C(COC)C[C@H]2C(=O)N(c3cccc([N+](=O)[O-])c3)C(=O)[C@H]2[C@H]1CO. The van der Waals surface area contributed by atoms with Crippen LogP contribution in [0, 0.1) is 27.9 Å². The number of carbonyl (C=O) groups excluding carboxylic acids is 2. The Kier molecular flexibility index (Phi) is 9.69. The number of fused-ring (bicyclic) bond motifs is 1. The zero-order valence-electron chi connectivity index (χ0n) is 23.2. The van der Waals surface area contributed by atoms with Crippen molar-refractivity contribution in [2.45, 2.75) is 45.1 Å². The number of amides is 2. The van der Waals surface area contributed by atoms with E-state index in [-0.39, 0.29) is 30.2 Å². The zero-order valence-corrected chi connectivity index (χ0v) is 23.2. The van der Waals surface area contributed by atoms with Crippen molar-refractivity contribution in [3.63, 3.8) is 0 Å². The number of benzene rings is 2. The van der Waals surface area contributed by atoms with Gasteiger partial charge in [-0.1, -0.05) is 43.2 Å². The lowest BCUT2D eigenvalue weighted by Crippen LogP contribution is -2.39. The summed E-state index contributed by atoms with van der Waals surface area (Å²) >= 11 is 0. The van der Waals surface area contributed by atoms with Crippen LogP contribution in [0.25, 0.3) is 6.08 Å². The van der Waals surface area contributed by atoms with E-state index in [1.807, 2.05) is 18.2 Å². The number of imide groups is 1. The molecule has 218 valence electrons. The van der Waals surface area contributed by atoms with Gasteiger partial charge in [0.25, 0.3) is 5.69 Å². The minimum Gasteiger partial charge on any atom is -0.508 e. The van der Waals surface area contributed by atoms with E-state index in [4.69, 9.17) is 4.74 Å². The molecular weight excluding hydrogens is 528 g/mol. The highest BCUT2D eigenvalue weighted by Crippen LogP contribution is 2.47. The molecule has 1 aliphatic carbocycles. The van der Waals surface area contributed by atoms with Gasteiger partial charge in [-0.2, -0.15) is 0 Å². The van der Waals surface area contributed by atoms with Gasteiger partial charge in [-0.05, 0) is 60.6 Å². The number of ether oxygens (including phenoxy) is 1. The fraction of sp³-hybridized carbons (Fsp3) is 0.419. The van der Waals surface area contributed by atoms with Crippen molar-refractivity contribution in [1.29, 1.82) is 0 Å². The summed E-state index contributed by atoms with van der Waals surface area (Å²) in [6.45, 7) is 1.75. The molecule has 2 amide bonds. The number of methoxy groups -OCH3 is 1. The first-order valence-corrected chi connectivity index (χ1v) is 13.8. The van der Waals surface area contributed by atoms with Crippen LogP contribution >= 0.6 is 0 Å². The second kappa shape index (κ2) is 13.2. The van der Waals surface area contributed by atoms with Crippen molar-refractivity contribution in [3.05, 3.63) is 80.9 Å².